The van der Waals surface area contributed by atoms with E-state index in [1.807, 2.05) is 0 Å². The Hall–Kier alpha value is -0.438. The monoisotopic (exact) mass is 260 g/mol. The number of methoxy groups -OCH3 is 1. The Morgan fingerprint density at radius 3 is 2.16 bits per heavy atom. The van der Waals surface area contributed by atoms with Crippen molar-refractivity contribution in [2.24, 2.45) is 0 Å². The summed E-state index contributed by atoms with van der Waals surface area (Å²) < 4.78 is 10.1. The number of hydrogen-bond acceptors (Lipinski definition) is 4. The van der Waals surface area contributed by atoms with E-state index in [9.17, 15) is 0 Å². The van der Waals surface area contributed by atoms with Crippen molar-refractivity contribution in [3.63, 3.8) is 0 Å². The van der Waals surface area contributed by atoms with E-state index in [0.717, 1.165) is 0 Å². The van der Waals surface area contributed by atoms with E-state index in [4.69, 9.17) is 19.5 Å². The first-order valence-electron chi connectivity index (χ1n) is 6.73. The van der Waals surface area contributed by atoms with Crippen molar-refractivity contribution >= 4 is 30.3 Å². The molecule has 1 aromatic rings. The third-order valence-corrected chi connectivity index (χ3v) is 2.44. The van der Waals surface area contributed by atoms with E-state index < -0.39 is 7.12 Å². The first kappa shape index (κ1) is 18.6. The molecule has 0 aliphatic rings. The molecule has 102 valence electrons. The van der Waals surface area contributed by atoms with E-state index in [-0.39, 0.29) is 0 Å². The van der Waals surface area contributed by atoms with Crippen molar-refractivity contribution in [2.75, 3.05) is 20.3 Å². The van der Waals surface area contributed by atoms with Gasteiger partial charge in [-0.3, -0.25) is 0 Å². The van der Waals surface area contributed by atoms with Crippen LogP contribution in [0.4, 0.5) is 0 Å². The van der Waals surface area contributed by atoms with Crippen molar-refractivity contribution in [3.05, 3.63) is 24.3 Å². The third kappa shape index (κ3) is 10.1. The van der Waals surface area contributed by atoms with Crippen LogP contribution in [-0.2, 0) is 4.74 Å². The summed E-state index contributed by atoms with van der Waals surface area (Å²) in [7, 11) is 0.178. The number of benzene rings is 1. The second-order valence-electron chi connectivity index (χ2n) is 4.14. The molecule has 1 aromatic carbocycles. The van der Waals surface area contributed by atoms with Gasteiger partial charge in [0.2, 0.25) is 0 Å². The summed E-state index contributed by atoms with van der Waals surface area (Å²) in [5.74, 6) is 0.687. The molecule has 0 heterocycles. The maximum atomic E-state index is 8.82. The first-order valence-corrected chi connectivity index (χ1v) is 6.73. The molecule has 0 aromatic heterocycles. The van der Waals surface area contributed by atoms with Gasteiger partial charge >= 0.3 is 49.7 Å². The maximum absolute atomic E-state index is 8.82. The zero-order valence-corrected chi connectivity index (χ0v) is 12.1. The summed E-state index contributed by atoms with van der Waals surface area (Å²) in [4.78, 5) is 0. The summed E-state index contributed by atoms with van der Waals surface area (Å²) in [6.45, 7) is 3.23. The summed E-state index contributed by atoms with van der Waals surface area (Å²) >= 11 is 2.21. The number of hydrogen-bond donors (Lipinski definition) is 2. The van der Waals surface area contributed by atoms with Crippen LogP contribution in [0.15, 0.2) is 24.3 Å². The Labute approximate surface area is 125 Å². The minimum absolute atomic E-state index is 0.448. The van der Waals surface area contributed by atoms with Crippen molar-refractivity contribution < 1.29 is 19.5 Å². The molecular weight excluding hydrogens is 238 g/mol. The van der Waals surface area contributed by atoms with Gasteiger partial charge in [-0.2, -0.15) is 0 Å². The second-order valence-corrected chi connectivity index (χ2v) is 4.14. The van der Waals surface area contributed by atoms with E-state index >= 15 is 0 Å². The van der Waals surface area contributed by atoms with E-state index in [1.54, 1.807) is 31.4 Å². The van der Waals surface area contributed by atoms with Gasteiger partial charge in [0.05, 0.1) is 6.61 Å². The molecule has 0 radical (unpaired) electrons. The van der Waals surface area contributed by atoms with Crippen LogP contribution in [0.1, 0.15) is 19.8 Å². The fourth-order valence-electron chi connectivity index (χ4n) is 1.33. The molecule has 0 saturated heterocycles. The van der Waals surface area contributed by atoms with Crippen molar-refractivity contribution in [3.8, 4) is 5.75 Å². The van der Waals surface area contributed by atoms with Gasteiger partial charge in [0.15, 0.2) is 0 Å². The molecular formula is C13H22BLiO4. The van der Waals surface area contributed by atoms with E-state index in [0.29, 0.717) is 24.4 Å². The van der Waals surface area contributed by atoms with Crippen LogP contribution in [-0.4, -0.2) is 55.2 Å². The van der Waals surface area contributed by atoms with Crippen LogP contribution < -0.4 is 10.2 Å². The van der Waals surface area contributed by atoms with Gasteiger partial charge < -0.3 is 19.5 Å². The van der Waals surface area contributed by atoms with Gasteiger partial charge in [-0.25, -0.2) is 0 Å². The molecule has 1 rings (SSSR count). The Balaban J connectivity index is 0.000000555. The average molecular weight is 260 g/mol. The van der Waals surface area contributed by atoms with Gasteiger partial charge in [-0.05, 0) is 17.6 Å². The predicted octanol–water partition coefficient (Wildman–Crippen LogP) is 0.765. The SMILES string of the molecule is COCCOc1ccc(B(O)O)cc1.[Li][CH2]CCC. The molecule has 19 heavy (non-hydrogen) atoms. The third-order valence-electron chi connectivity index (χ3n) is 2.44. The molecule has 0 bridgehead atoms. The zero-order chi connectivity index (χ0) is 14.5. The zero-order valence-electron chi connectivity index (χ0n) is 12.1. The summed E-state index contributed by atoms with van der Waals surface area (Å²) in [6, 6.07) is 6.58. The molecule has 0 fully saturated rings. The van der Waals surface area contributed by atoms with Crippen LogP contribution in [0.3, 0.4) is 0 Å². The van der Waals surface area contributed by atoms with Crippen LogP contribution >= 0.6 is 0 Å². The normalized spacial score (nSPS) is 9.58. The minimum atomic E-state index is -1.43. The number of ether oxygens (including phenoxy) is 2. The van der Waals surface area contributed by atoms with Gasteiger partial charge in [0, 0.05) is 7.11 Å². The van der Waals surface area contributed by atoms with Crippen molar-refractivity contribution in [2.45, 2.75) is 24.9 Å². The summed E-state index contributed by atoms with van der Waals surface area (Å²) in [6.07, 6.45) is 2.73. The molecule has 0 aliphatic heterocycles. The predicted molar refractivity (Wildman–Crippen MR) is 79.1 cm³/mol. The molecule has 0 saturated carbocycles. The second kappa shape index (κ2) is 12.6. The summed E-state index contributed by atoms with van der Waals surface area (Å²) in [5.41, 5.74) is 0.448. The molecule has 4 nitrogen and oxygen atoms in total. The van der Waals surface area contributed by atoms with Crippen LogP contribution in [0.2, 0.25) is 5.09 Å². The summed E-state index contributed by atoms with van der Waals surface area (Å²) in [5, 5.41) is 19.0. The molecule has 0 aliphatic carbocycles. The Morgan fingerprint density at radius 1 is 1.16 bits per heavy atom. The van der Waals surface area contributed by atoms with E-state index in [1.165, 1.54) is 17.9 Å². The quantitative estimate of drug-likeness (QED) is 0.561. The average Bonchev–Trinajstić information content (AvgIpc) is 2.41. The van der Waals surface area contributed by atoms with Gasteiger partial charge in [0.25, 0.3) is 0 Å². The van der Waals surface area contributed by atoms with Crippen LogP contribution in [0, 0.1) is 0 Å². The standard InChI is InChI=1S/C9H13BO4.C4H9.Li/c1-13-6-7-14-9-4-2-8(3-5-9)10(11)12;1-3-4-2;/h2-5,11-12H,6-7H2,1H3;1,3-4H2,2H3;. The fraction of sp³-hybridized carbons (Fsp3) is 0.538. The Kier molecular flexibility index (Phi) is 12.3. The number of unbranched alkanes of at least 4 members (excludes halogenated alkanes) is 1. The molecule has 0 amide bonds. The number of rotatable bonds is 7. The van der Waals surface area contributed by atoms with Crippen molar-refractivity contribution in [1.82, 2.24) is 0 Å². The Bertz CT molecular complexity index is 304. The van der Waals surface area contributed by atoms with Gasteiger partial charge in [0.1, 0.15) is 12.4 Å². The van der Waals surface area contributed by atoms with E-state index in [2.05, 4.69) is 24.6 Å². The van der Waals surface area contributed by atoms with Crippen LogP contribution in [0.25, 0.3) is 0 Å². The fourth-order valence-corrected chi connectivity index (χ4v) is 1.33. The molecule has 0 unspecified atom stereocenters. The molecule has 0 spiro atoms. The van der Waals surface area contributed by atoms with Gasteiger partial charge in [-0.15, -0.1) is 0 Å². The van der Waals surface area contributed by atoms with Gasteiger partial charge in [-0.1, -0.05) is 12.1 Å². The molecule has 6 heteroatoms. The topological polar surface area (TPSA) is 58.9 Å². The van der Waals surface area contributed by atoms with Crippen LogP contribution in [0.5, 0.6) is 5.75 Å². The van der Waals surface area contributed by atoms with Crippen molar-refractivity contribution in [1.29, 1.82) is 0 Å². The molecule has 0 atom stereocenters. The molecule has 2 N–H and O–H groups in total. The Morgan fingerprint density at radius 2 is 1.79 bits per heavy atom. The first-order chi connectivity index (χ1) is 9.15.